The molecule has 2 aromatic heterocycles. The molecule has 0 aliphatic rings. The molecular weight excluding hydrogens is 198 g/mol. The highest BCUT2D eigenvalue weighted by atomic mass is 15.1. The third kappa shape index (κ3) is 2.31. The molecule has 2 N–H and O–H groups in total. The summed E-state index contributed by atoms with van der Waals surface area (Å²) in [6.45, 7) is 2.74. The van der Waals surface area contributed by atoms with E-state index in [9.17, 15) is 0 Å². The molecule has 0 saturated carbocycles. The van der Waals surface area contributed by atoms with E-state index in [2.05, 4.69) is 21.7 Å². The molecule has 2 heterocycles. The molecule has 84 valence electrons. The van der Waals surface area contributed by atoms with Crippen molar-refractivity contribution in [3.63, 3.8) is 0 Å². The van der Waals surface area contributed by atoms with Gasteiger partial charge >= 0.3 is 0 Å². The van der Waals surface area contributed by atoms with Gasteiger partial charge in [-0.05, 0) is 50.6 Å². The first-order chi connectivity index (χ1) is 7.81. The van der Waals surface area contributed by atoms with Gasteiger partial charge in [-0.2, -0.15) is 0 Å². The zero-order chi connectivity index (χ0) is 11.4. The number of nitrogens with zero attached hydrogens (tertiary/aromatic N) is 2. The average Bonchev–Trinajstić information content (AvgIpc) is 2.74. The lowest BCUT2D eigenvalue weighted by atomic mass is 10.2. The van der Waals surface area contributed by atoms with Crippen molar-refractivity contribution in [2.75, 3.05) is 6.54 Å². The first-order valence-corrected chi connectivity index (χ1v) is 5.61. The molecule has 3 nitrogen and oxygen atoms in total. The summed E-state index contributed by atoms with van der Waals surface area (Å²) in [5.74, 6) is 0.983. The van der Waals surface area contributed by atoms with Gasteiger partial charge in [0.25, 0.3) is 0 Å². The standard InChI is InChI=1S/C13H17N3/c1-11-5-2-8-13(15-11)16-10-4-7-12(16)6-3-9-14/h2,4-5,7-8,10H,3,6,9,14H2,1H3. The van der Waals surface area contributed by atoms with Crippen molar-refractivity contribution in [1.29, 1.82) is 0 Å². The third-order valence-corrected chi connectivity index (χ3v) is 2.59. The van der Waals surface area contributed by atoms with E-state index in [1.807, 2.05) is 31.3 Å². The molecule has 0 radical (unpaired) electrons. The zero-order valence-corrected chi connectivity index (χ0v) is 9.56. The smallest absolute Gasteiger partial charge is 0.137 e. The Hall–Kier alpha value is -1.61. The molecule has 0 atom stereocenters. The van der Waals surface area contributed by atoms with E-state index < -0.39 is 0 Å². The number of hydrogen-bond donors (Lipinski definition) is 1. The molecule has 0 aliphatic carbocycles. The van der Waals surface area contributed by atoms with E-state index >= 15 is 0 Å². The van der Waals surface area contributed by atoms with Crippen LogP contribution in [0, 0.1) is 6.92 Å². The highest BCUT2D eigenvalue weighted by Crippen LogP contribution is 2.12. The Morgan fingerprint density at radius 2 is 2.12 bits per heavy atom. The lowest BCUT2D eigenvalue weighted by Gasteiger charge is -2.08. The SMILES string of the molecule is Cc1cccc(-n2cccc2CCCN)n1. The summed E-state index contributed by atoms with van der Waals surface area (Å²) >= 11 is 0. The fraction of sp³-hybridized carbons (Fsp3) is 0.308. The molecule has 0 aliphatic heterocycles. The molecule has 0 fully saturated rings. The Morgan fingerprint density at radius 1 is 1.25 bits per heavy atom. The minimum absolute atomic E-state index is 0.729. The van der Waals surface area contributed by atoms with Gasteiger partial charge in [0.05, 0.1) is 0 Å². The van der Waals surface area contributed by atoms with Gasteiger partial charge in [0.2, 0.25) is 0 Å². The normalized spacial score (nSPS) is 10.6. The van der Waals surface area contributed by atoms with Gasteiger partial charge in [-0.15, -0.1) is 0 Å². The molecule has 0 spiro atoms. The number of hydrogen-bond acceptors (Lipinski definition) is 2. The second-order valence-corrected chi connectivity index (χ2v) is 3.90. The van der Waals surface area contributed by atoms with Crippen LogP contribution in [0.2, 0.25) is 0 Å². The van der Waals surface area contributed by atoms with Crippen LogP contribution in [0.4, 0.5) is 0 Å². The Morgan fingerprint density at radius 3 is 2.88 bits per heavy atom. The summed E-state index contributed by atoms with van der Waals surface area (Å²) in [5, 5.41) is 0. The maximum Gasteiger partial charge on any atom is 0.137 e. The highest BCUT2D eigenvalue weighted by molar-refractivity contribution is 5.29. The molecular formula is C13H17N3. The van der Waals surface area contributed by atoms with Crippen LogP contribution in [0.3, 0.4) is 0 Å². The lowest BCUT2D eigenvalue weighted by Crippen LogP contribution is -2.05. The van der Waals surface area contributed by atoms with Crippen LogP contribution >= 0.6 is 0 Å². The third-order valence-electron chi connectivity index (χ3n) is 2.59. The monoisotopic (exact) mass is 215 g/mol. The van der Waals surface area contributed by atoms with Crippen LogP contribution in [-0.4, -0.2) is 16.1 Å². The van der Waals surface area contributed by atoms with E-state index in [1.54, 1.807) is 0 Å². The van der Waals surface area contributed by atoms with Crippen LogP contribution in [0.5, 0.6) is 0 Å². The van der Waals surface area contributed by atoms with Crippen molar-refractivity contribution in [3.8, 4) is 5.82 Å². The molecule has 2 rings (SSSR count). The number of rotatable bonds is 4. The predicted octanol–water partition coefficient (Wildman–Crippen LogP) is 2.07. The van der Waals surface area contributed by atoms with Crippen molar-refractivity contribution in [3.05, 3.63) is 47.9 Å². The highest BCUT2D eigenvalue weighted by Gasteiger charge is 2.03. The van der Waals surface area contributed by atoms with Crippen LogP contribution in [-0.2, 0) is 6.42 Å². The summed E-state index contributed by atoms with van der Waals surface area (Å²) in [5.41, 5.74) is 7.84. The number of aromatic nitrogens is 2. The van der Waals surface area contributed by atoms with Crippen LogP contribution in [0.1, 0.15) is 17.8 Å². The minimum atomic E-state index is 0.729. The molecule has 2 aromatic rings. The summed E-state index contributed by atoms with van der Waals surface area (Å²) in [6, 6.07) is 10.2. The van der Waals surface area contributed by atoms with E-state index in [0.717, 1.165) is 30.9 Å². The fourth-order valence-electron chi connectivity index (χ4n) is 1.79. The topological polar surface area (TPSA) is 43.8 Å². The quantitative estimate of drug-likeness (QED) is 0.848. The van der Waals surface area contributed by atoms with Gasteiger partial charge in [-0.25, -0.2) is 4.98 Å². The average molecular weight is 215 g/mol. The van der Waals surface area contributed by atoms with Crippen molar-refractivity contribution in [2.45, 2.75) is 19.8 Å². The van der Waals surface area contributed by atoms with Crippen LogP contribution in [0.25, 0.3) is 5.82 Å². The van der Waals surface area contributed by atoms with Gasteiger partial charge in [0, 0.05) is 17.6 Å². The molecule has 0 amide bonds. The maximum absolute atomic E-state index is 5.53. The lowest BCUT2D eigenvalue weighted by molar-refractivity contribution is 0.781. The van der Waals surface area contributed by atoms with Gasteiger partial charge in [0.15, 0.2) is 0 Å². The van der Waals surface area contributed by atoms with E-state index in [-0.39, 0.29) is 0 Å². The Bertz CT molecular complexity index is 460. The maximum atomic E-state index is 5.53. The van der Waals surface area contributed by atoms with Gasteiger partial charge in [-0.3, -0.25) is 0 Å². The predicted molar refractivity (Wildman–Crippen MR) is 65.7 cm³/mol. The molecule has 0 unspecified atom stereocenters. The largest absolute Gasteiger partial charge is 0.330 e. The van der Waals surface area contributed by atoms with E-state index in [1.165, 1.54) is 5.69 Å². The summed E-state index contributed by atoms with van der Waals surface area (Å²) in [6.07, 6.45) is 4.06. The number of pyridine rings is 1. The van der Waals surface area contributed by atoms with Gasteiger partial charge < -0.3 is 10.3 Å². The van der Waals surface area contributed by atoms with E-state index in [0.29, 0.717) is 0 Å². The summed E-state index contributed by atoms with van der Waals surface area (Å²) < 4.78 is 2.13. The molecule has 3 heteroatoms. The first kappa shape index (κ1) is 10.9. The zero-order valence-electron chi connectivity index (χ0n) is 9.56. The Labute approximate surface area is 95.9 Å². The molecule has 0 saturated heterocycles. The number of aryl methyl sites for hydroxylation is 2. The van der Waals surface area contributed by atoms with E-state index in [4.69, 9.17) is 5.73 Å². The second-order valence-electron chi connectivity index (χ2n) is 3.90. The van der Waals surface area contributed by atoms with Crippen LogP contribution in [0.15, 0.2) is 36.5 Å². The summed E-state index contributed by atoms with van der Waals surface area (Å²) in [4.78, 5) is 4.52. The van der Waals surface area contributed by atoms with Crippen molar-refractivity contribution in [2.24, 2.45) is 5.73 Å². The molecule has 0 aromatic carbocycles. The van der Waals surface area contributed by atoms with Gasteiger partial charge in [-0.1, -0.05) is 6.07 Å². The van der Waals surface area contributed by atoms with Crippen LogP contribution < -0.4 is 5.73 Å². The van der Waals surface area contributed by atoms with Gasteiger partial charge in [0.1, 0.15) is 5.82 Å². The molecule has 0 bridgehead atoms. The van der Waals surface area contributed by atoms with Crippen molar-refractivity contribution >= 4 is 0 Å². The molecule has 16 heavy (non-hydrogen) atoms. The number of nitrogens with two attached hydrogens (primary N) is 1. The second kappa shape index (κ2) is 4.94. The minimum Gasteiger partial charge on any atom is -0.330 e. The first-order valence-electron chi connectivity index (χ1n) is 5.61. The Balaban J connectivity index is 2.29. The fourth-order valence-corrected chi connectivity index (χ4v) is 1.79. The summed E-state index contributed by atoms with van der Waals surface area (Å²) in [7, 11) is 0. The Kier molecular flexibility index (Phi) is 3.37. The van der Waals surface area contributed by atoms with Crippen molar-refractivity contribution < 1.29 is 0 Å². The van der Waals surface area contributed by atoms with Crippen molar-refractivity contribution in [1.82, 2.24) is 9.55 Å².